The predicted octanol–water partition coefficient (Wildman–Crippen LogP) is 4.68. The van der Waals surface area contributed by atoms with Gasteiger partial charge in [-0.15, -0.1) is 0 Å². The second-order valence-electron chi connectivity index (χ2n) is 5.33. The van der Waals surface area contributed by atoms with Gasteiger partial charge in [-0.3, -0.25) is 9.78 Å². The highest BCUT2D eigenvalue weighted by Gasteiger charge is 2.30. The third-order valence-electron chi connectivity index (χ3n) is 3.31. The average Bonchev–Trinajstić information content (AvgIpc) is 2.61. The zero-order valence-electron chi connectivity index (χ0n) is 13.5. The van der Waals surface area contributed by atoms with Crippen molar-refractivity contribution in [1.29, 1.82) is 0 Å². The number of alkyl halides is 3. The molecule has 0 atom stereocenters. The molecule has 1 aromatic heterocycles. The number of benzene rings is 2. The smallest absolute Gasteiger partial charge is 0.416 e. The first-order chi connectivity index (χ1) is 12.8. The monoisotopic (exact) mass is 377 g/mol. The Morgan fingerprint density at radius 2 is 1.81 bits per heavy atom. The summed E-state index contributed by atoms with van der Waals surface area (Å²) in [6, 6.07) is 9.46. The van der Waals surface area contributed by atoms with Crippen molar-refractivity contribution in [2.45, 2.75) is 6.18 Å². The van der Waals surface area contributed by atoms with E-state index in [1.165, 1.54) is 30.3 Å². The molecule has 5 nitrogen and oxygen atoms in total. The Labute approximate surface area is 150 Å². The van der Waals surface area contributed by atoms with E-state index in [4.69, 9.17) is 4.74 Å². The highest BCUT2D eigenvalue weighted by Crippen LogP contribution is 2.32. The van der Waals surface area contributed by atoms with Crippen LogP contribution in [0.3, 0.4) is 0 Å². The Bertz CT molecular complexity index is 977. The molecule has 1 N–H and O–H groups in total. The molecular formula is C18H11F4N3O2. The van der Waals surface area contributed by atoms with Crippen LogP contribution in [0.5, 0.6) is 11.6 Å². The van der Waals surface area contributed by atoms with Crippen LogP contribution in [-0.4, -0.2) is 15.9 Å². The maximum atomic E-state index is 13.2. The van der Waals surface area contributed by atoms with Crippen molar-refractivity contribution in [3.8, 4) is 11.6 Å². The molecular weight excluding hydrogens is 366 g/mol. The lowest BCUT2D eigenvalue weighted by Crippen LogP contribution is -2.14. The SMILES string of the molecule is O=C(Nc1cccc(F)c1)c1cncc(Oc2cccc(C(F)(F)F)c2)n1. The molecule has 0 aliphatic heterocycles. The van der Waals surface area contributed by atoms with E-state index in [0.717, 1.165) is 30.6 Å². The summed E-state index contributed by atoms with van der Waals surface area (Å²) < 4.78 is 56.7. The molecule has 27 heavy (non-hydrogen) atoms. The molecule has 0 aliphatic rings. The van der Waals surface area contributed by atoms with E-state index < -0.39 is 23.5 Å². The van der Waals surface area contributed by atoms with Gasteiger partial charge in [0.2, 0.25) is 5.88 Å². The zero-order valence-corrected chi connectivity index (χ0v) is 13.5. The molecule has 0 fully saturated rings. The van der Waals surface area contributed by atoms with Crippen LogP contribution in [0.1, 0.15) is 16.1 Å². The first-order valence-corrected chi connectivity index (χ1v) is 7.55. The van der Waals surface area contributed by atoms with Crippen LogP contribution >= 0.6 is 0 Å². The van der Waals surface area contributed by atoms with Crippen molar-refractivity contribution < 1.29 is 27.1 Å². The molecule has 0 radical (unpaired) electrons. The summed E-state index contributed by atoms with van der Waals surface area (Å²) in [6.07, 6.45) is -2.22. The van der Waals surface area contributed by atoms with Crippen LogP contribution in [0.15, 0.2) is 60.9 Å². The summed E-state index contributed by atoms with van der Waals surface area (Å²) in [7, 11) is 0. The lowest BCUT2D eigenvalue weighted by atomic mass is 10.2. The minimum atomic E-state index is -4.52. The Morgan fingerprint density at radius 3 is 2.56 bits per heavy atom. The summed E-state index contributed by atoms with van der Waals surface area (Å²) in [4.78, 5) is 19.9. The average molecular weight is 377 g/mol. The van der Waals surface area contributed by atoms with Gasteiger partial charge >= 0.3 is 6.18 Å². The summed E-state index contributed by atoms with van der Waals surface area (Å²) in [5, 5.41) is 2.43. The molecule has 1 amide bonds. The van der Waals surface area contributed by atoms with Gasteiger partial charge in [0.05, 0.1) is 18.0 Å². The van der Waals surface area contributed by atoms with Crippen molar-refractivity contribution in [3.63, 3.8) is 0 Å². The number of rotatable bonds is 4. The molecule has 9 heteroatoms. The van der Waals surface area contributed by atoms with E-state index in [-0.39, 0.29) is 23.0 Å². The molecule has 0 spiro atoms. The van der Waals surface area contributed by atoms with Gasteiger partial charge in [0.15, 0.2) is 5.69 Å². The fraction of sp³-hybridized carbons (Fsp3) is 0.0556. The number of carbonyl (C=O) groups excluding carboxylic acids is 1. The number of hydrogen-bond donors (Lipinski definition) is 1. The third kappa shape index (κ3) is 4.78. The number of amides is 1. The highest BCUT2D eigenvalue weighted by atomic mass is 19.4. The van der Waals surface area contributed by atoms with Crippen LogP contribution < -0.4 is 10.1 Å². The lowest BCUT2D eigenvalue weighted by molar-refractivity contribution is -0.137. The summed E-state index contributed by atoms with van der Waals surface area (Å²) >= 11 is 0. The van der Waals surface area contributed by atoms with E-state index >= 15 is 0 Å². The maximum Gasteiger partial charge on any atom is 0.416 e. The summed E-state index contributed by atoms with van der Waals surface area (Å²) in [5.74, 6) is -1.48. The van der Waals surface area contributed by atoms with Gasteiger partial charge < -0.3 is 10.1 Å². The van der Waals surface area contributed by atoms with E-state index in [9.17, 15) is 22.4 Å². The van der Waals surface area contributed by atoms with Crippen molar-refractivity contribution in [2.75, 3.05) is 5.32 Å². The van der Waals surface area contributed by atoms with Crippen LogP contribution in [0, 0.1) is 5.82 Å². The van der Waals surface area contributed by atoms with Crippen LogP contribution in [0.25, 0.3) is 0 Å². The second kappa shape index (κ2) is 7.40. The number of nitrogens with one attached hydrogen (secondary N) is 1. The fourth-order valence-corrected chi connectivity index (χ4v) is 2.12. The number of aromatic nitrogens is 2. The van der Waals surface area contributed by atoms with Crippen molar-refractivity contribution in [3.05, 3.63) is 78.0 Å². The van der Waals surface area contributed by atoms with E-state index in [1.54, 1.807) is 0 Å². The van der Waals surface area contributed by atoms with E-state index in [0.29, 0.717) is 0 Å². The number of hydrogen-bond acceptors (Lipinski definition) is 4. The van der Waals surface area contributed by atoms with Gasteiger partial charge in [0.25, 0.3) is 5.91 Å². The number of halogens is 4. The molecule has 1 heterocycles. The highest BCUT2D eigenvalue weighted by molar-refractivity contribution is 6.02. The quantitative estimate of drug-likeness (QED) is 0.671. The molecule has 138 valence electrons. The van der Waals surface area contributed by atoms with Crippen LogP contribution in [0.2, 0.25) is 0 Å². The maximum absolute atomic E-state index is 13.2. The molecule has 0 saturated carbocycles. The fourth-order valence-electron chi connectivity index (χ4n) is 2.12. The van der Waals surface area contributed by atoms with Gasteiger partial charge in [-0.05, 0) is 36.4 Å². The molecule has 0 saturated heterocycles. The van der Waals surface area contributed by atoms with Crippen molar-refractivity contribution in [1.82, 2.24) is 9.97 Å². The molecule has 3 aromatic rings. The normalized spacial score (nSPS) is 11.1. The van der Waals surface area contributed by atoms with Gasteiger partial charge in [-0.2, -0.15) is 13.2 Å². The van der Waals surface area contributed by atoms with Crippen molar-refractivity contribution >= 4 is 11.6 Å². The number of carbonyl (C=O) groups is 1. The minimum absolute atomic E-state index is 0.109. The Morgan fingerprint density at radius 1 is 1.04 bits per heavy atom. The largest absolute Gasteiger partial charge is 0.437 e. The Balaban J connectivity index is 1.77. The molecule has 0 bridgehead atoms. The number of ether oxygens (including phenoxy) is 1. The zero-order chi connectivity index (χ0) is 19.4. The Hall–Kier alpha value is -3.49. The first kappa shape index (κ1) is 18.3. The van der Waals surface area contributed by atoms with Crippen LogP contribution in [-0.2, 0) is 6.18 Å². The van der Waals surface area contributed by atoms with Crippen molar-refractivity contribution in [2.24, 2.45) is 0 Å². The minimum Gasteiger partial charge on any atom is -0.437 e. The Kier molecular flexibility index (Phi) is 5.02. The molecule has 2 aromatic carbocycles. The van der Waals surface area contributed by atoms with E-state index in [2.05, 4.69) is 15.3 Å². The van der Waals surface area contributed by atoms with Gasteiger partial charge in [-0.25, -0.2) is 9.37 Å². The predicted molar refractivity (Wildman–Crippen MR) is 87.9 cm³/mol. The lowest BCUT2D eigenvalue weighted by Gasteiger charge is -2.10. The number of nitrogens with zero attached hydrogens (tertiary/aromatic N) is 2. The topological polar surface area (TPSA) is 64.1 Å². The third-order valence-corrected chi connectivity index (χ3v) is 3.31. The van der Waals surface area contributed by atoms with Gasteiger partial charge in [0.1, 0.15) is 11.6 Å². The molecule has 3 rings (SSSR count). The first-order valence-electron chi connectivity index (χ1n) is 7.55. The molecule has 0 aliphatic carbocycles. The van der Waals surface area contributed by atoms with Gasteiger partial charge in [0, 0.05) is 5.69 Å². The van der Waals surface area contributed by atoms with E-state index in [1.807, 2.05) is 0 Å². The van der Waals surface area contributed by atoms with Gasteiger partial charge in [-0.1, -0.05) is 12.1 Å². The summed E-state index contributed by atoms with van der Waals surface area (Å²) in [5.41, 5.74) is -0.817. The molecule has 0 unspecified atom stereocenters. The summed E-state index contributed by atoms with van der Waals surface area (Å²) in [6.45, 7) is 0. The van der Waals surface area contributed by atoms with Crippen LogP contribution in [0.4, 0.5) is 23.2 Å². The second-order valence-corrected chi connectivity index (χ2v) is 5.33. The standard InChI is InChI=1S/C18H11F4N3O2/c19-12-4-2-5-13(8-12)24-17(26)15-9-23-10-16(25-15)27-14-6-1-3-11(7-14)18(20,21)22/h1-10H,(H,24,26). The number of anilines is 1.